The van der Waals surface area contributed by atoms with Gasteiger partial charge in [-0.3, -0.25) is 9.69 Å². The third kappa shape index (κ3) is 6.02. The van der Waals surface area contributed by atoms with E-state index in [0.717, 1.165) is 24.1 Å². The fraction of sp³-hybridized carbons (Fsp3) is 0.567. The molecule has 2 aliphatic heterocycles. The summed E-state index contributed by atoms with van der Waals surface area (Å²) in [7, 11) is 0. The summed E-state index contributed by atoms with van der Waals surface area (Å²) in [6.07, 6.45) is 16.8. The number of nitrogens with zero attached hydrogens (tertiary/aromatic N) is 5. The van der Waals surface area contributed by atoms with Gasteiger partial charge in [0, 0.05) is 43.4 Å². The molecule has 202 valence electrons. The summed E-state index contributed by atoms with van der Waals surface area (Å²) in [5.41, 5.74) is 2.54. The molecule has 0 atom stereocenters. The maximum Gasteiger partial charge on any atom is 0.254 e. The van der Waals surface area contributed by atoms with Crippen LogP contribution in [0.25, 0.3) is 0 Å². The van der Waals surface area contributed by atoms with Gasteiger partial charge in [0.1, 0.15) is 11.6 Å². The van der Waals surface area contributed by atoms with E-state index in [1.807, 2.05) is 12.1 Å². The van der Waals surface area contributed by atoms with Crippen LogP contribution in [0.2, 0.25) is 0 Å². The van der Waals surface area contributed by atoms with Crippen LogP contribution in [-0.4, -0.2) is 73.3 Å². The highest BCUT2D eigenvalue weighted by atomic mass is 16.2. The van der Waals surface area contributed by atoms with Crippen LogP contribution in [0.3, 0.4) is 0 Å². The van der Waals surface area contributed by atoms with Crippen molar-refractivity contribution >= 4 is 5.91 Å². The molecule has 2 N–H and O–H groups in total. The smallest absolute Gasteiger partial charge is 0.254 e. The minimum Gasteiger partial charge on any atom is -0.347 e. The molecule has 0 unspecified atom stereocenters. The number of amides is 1. The number of benzene rings is 1. The Morgan fingerprint density at radius 3 is 1.95 bits per heavy atom. The lowest BCUT2D eigenvalue weighted by molar-refractivity contribution is 0.0232. The highest BCUT2D eigenvalue weighted by molar-refractivity contribution is 5.94. The van der Waals surface area contributed by atoms with Crippen LogP contribution in [0.5, 0.6) is 0 Å². The number of aromatic nitrogens is 4. The van der Waals surface area contributed by atoms with E-state index in [0.29, 0.717) is 24.1 Å². The third-order valence-electron chi connectivity index (χ3n) is 9.26. The van der Waals surface area contributed by atoms with Crippen molar-refractivity contribution in [3.05, 3.63) is 71.8 Å². The van der Waals surface area contributed by atoms with Crippen LogP contribution in [0, 0.1) is 11.3 Å². The standard InChI is InChI=1S/C30H41N7O/c38-29(37(22-27-31-12-13-32-27)23-28-33-14-15-34-28)26-6-4-25(5-7-26)21-36-18-10-30(11-19-36)8-16-35(17-9-30)20-24-2-1-3-24/h4-7,12-15,24H,1-3,8-11,16-23H2,(H,31,32)(H,33,34). The molecule has 1 aliphatic carbocycles. The van der Waals surface area contributed by atoms with Crippen molar-refractivity contribution < 1.29 is 4.79 Å². The monoisotopic (exact) mass is 515 g/mol. The second-order valence-electron chi connectivity index (χ2n) is 11.8. The summed E-state index contributed by atoms with van der Waals surface area (Å²) < 4.78 is 0. The molecule has 1 saturated carbocycles. The van der Waals surface area contributed by atoms with Gasteiger partial charge in [-0.05, 0) is 93.7 Å². The van der Waals surface area contributed by atoms with Gasteiger partial charge >= 0.3 is 0 Å². The van der Waals surface area contributed by atoms with Crippen molar-refractivity contribution in [3.8, 4) is 0 Å². The average molecular weight is 516 g/mol. The largest absolute Gasteiger partial charge is 0.347 e. The van der Waals surface area contributed by atoms with Crippen LogP contribution in [0.4, 0.5) is 0 Å². The maximum atomic E-state index is 13.4. The Balaban J connectivity index is 1.01. The summed E-state index contributed by atoms with van der Waals surface area (Å²) >= 11 is 0. The van der Waals surface area contributed by atoms with Gasteiger partial charge in [-0.15, -0.1) is 0 Å². The number of imidazole rings is 2. The van der Waals surface area contributed by atoms with Crippen molar-refractivity contribution in [3.63, 3.8) is 0 Å². The zero-order chi connectivity index (χ0) is 25.8. The lowest BCUT2D eigenvalue weighted by Crippen LogP contribution is -2.47. The average Bonchev–Trinajstić information content (AvgIpc) is 3.63. The molecule has 1 aromatic carbocycles. The molecule has 0 radical (unpaired) electrons. The number of likely N-dealkylation sites (tertiary alicyclic amines) is 2. The predicted molar refractivity (Wildman–Crippen MR) is 147 cm³/mol. The van der Waals surface area contributed by atoms with Crippen LogP contribution in [-0.2, 0) is 19.6 Å². The molecule has 8 nitrogen and oxygen atoms in total. The van der Waals surface area contributed by atoms with E-state index in [1.165, 1.54) is 83.2 Å². The van der Waals surface area contributed by atoms with E-state index < -0.39 is 0 Å². The molecule has 1 spiro atoms. The number of rotatable bonds is 9. The van der Waals surface area contributed by atoms with Gasteiger partial charge in [0.05, 0.1) is 13.1 Å². The number of hydrogen-bond donors (Lipinski definition) is 2. The summed E-state index contributed by atoms with van der Waals surface area (Å²) in [5.74, 6) is 2.48. The van der Waals surface area contributed by atoms with Crippen molar-refractivity contribution in [2.24, 2.45) is 11.3 Å². The first-order chi connectivity index (χ1) is 18.6. The van der Waals surface area contributed by atoms with Crippen LogP contribution in [0.1, 0.15) is 72.5 Å². The van der Waals surface area contributed by atoms with E-state index in [-0.39, 0.29) is 5.91 Å². The number of nitrogens with one attached hydrogen (secondary N) is 2. The van der Waals surface area contributed by atoms with Crippen LogP contribution >= 0.6 is 0 Å². The van der Waals surface area contributed by atoms with E-state index in [1.54, 1.807) is 29.7 Å². The molecule has 2 saturated heterocycles. The van der Waals surface area contributed by atoms with Crippen LogP contribution < -0.4 is 0 Å². The van der Waals surface area contributed by atoms with E-state index in [9.17, 15) is 4.79 Å². The first kappa shape index (κ1) is 25.3. The summed E-state index contributed by atoms with van der Waals surface area (Å²) in [6, 6.07) is 8.18. The number of H-pyrrole nitrogens is 2. The first-order valence-corrected chi connectivity index (χ1v) is 14.4. The molecular formula is C30H41N7O. The van der Waals surface area contributed by atoms with Crippen molar-refractivity contribution in [2.75, 3.05) is 32.7 Å². The minimum absolute atomic E-state index is 0.0204. The Morgan fingerprint density at radius 2 is 1.45 bits per heavy atom. The Kier molecular flexibility index (Phi) is 7.60. The van der Waals surface area contributed by atoms with Crippen LogP contribution in [0.15, 0.2) is 49.1 Å². The highest BCUT2D eigenvalue weighted by Gasteiger charge is 2.38. The molecule has 2 aromatic heterocycles. The third-order valence-corrected chi connectivity index (χ3v) is 9.26. The second kappa shape index (κ2) is 11.4. The van der Waals surface area contributed by atoms with Gasteiger partial charge in [0.15, 0.2) is 0 Å². The molecule has 3 aliphatic rings. The SMILES string of the molecule is O=C(c1ccc(CN2CCC3(CC2)CCN(CC2CCC2)CC3)cc1)N(Cc1ncc[nH]1)Cc1ncc[nH]1. The Hall–Kier alpha value is -2.97. The number of aromatic amines is 2. The zero-order valence-electron chi connectivity index (χ0n) is 22.4. The lowest BCUT2D eigenvalue weighted by Gasteiger charge is -2.48. The van der Waals surface area contributed by atoms with E-state index in [4.69, 9.17) is 0 Å². The number of hydrogen-bond acceptors (Lipinski definition) is 5. The van der Waals surface area contributed by atoms with Gasteiger partial charge in [-0.1, -0.05) is 18.6 Å². The molecule has 6 rings (SSSR count). The molecule has 0 bridgehead atoms. The van der Waals surface area contributed by atoms with Crippen molar-refractivity contribution in [1.82, 2.24) is 34.6 Å². The Morgan fingerprint density at radius 1 is 0.868 bits per heavy atom. The summed E-state index contributed by atoms with van der Waals surface area (Å²) in [4.78, 5) is 35.3. The van der Waals surface area contributed by atoms with Gasteiger partial charge in [0.2, 0.25) is 0 Å². The molecule has 4 heterocycles. The van der Waals surface area contributed by atoms with E-state index in [2.05, 4.69) is 41.9 Å². The first-order valence-electron chi connectivity index (χ1n) is 14.4. The summed E-state index contributed by atoms with van der Waals surface area (Å²) in [6.45, 7) is 8.10. The molecule has 8 heteroatoms. The van der Waals surface area contributed by atoms with Gasteiger partial charge in [-0.2, -0.15) is 0 Å². The predicted octanol–water partition coefficient (Wildman–Crippen LogP) is 4.45. The quantitative estimate of drug-likeness (QED) is 0.440. The Bertz CT molecular complexity index is 1100. The molecule has 1 amide bonds. The highest BCUT2D eigenvalue weighted by Crippen LogP contribution is 2.42. The number of piperidine rings is 2. The maximum absolute atomic E-state index is 13.4. The van der Waals surface area contributed by atoms with Gasteiger partial charge in [-0.25, -0.2) is 9.97 Å². The normalized spacial score (nSPS) is 20.4. The minimum atomic E-state index is -0.0204. The molecule has 3 aromatic rings. The lowest BCUT2D eigenvalue weighted by atomic mass is 9.71. The van der Waals surface area contributed by atoms with Crippen molar-refractivity contribution in [2.45, 2.75) is 64.6 Å². The second-order valence-corrected chi connectivity index (χ2v) is 11.8. The van der Waals surface area contributed by atoms with Gasteiger partial charge in [0.25, 0.3) is 5.91 Å². The topological polar surface area (TPSA) is 84.2 Å². The van der Waals surface area contributed by atoms with Crippen molar-refractivity contribution in [1.29, 1.82) is 0 Å². The fourth-order valence-electron chi connectivity index (χ4n) is 6.46. The number of carbonyl (C=O) groups is 1. The van der Waals surface area contributed by atoms with E-state index >= 15 is 0 Å². The zero-order valence-corrected chi connectivity index (χ0v) is 22.4. The van der Waals surface area contributed by atoms with Gasteiger partial charge < -0.3 is 19.8 Å². The fourth-order valence-corrected chi connectivity index (χ4v) is 6.46. The molecule has 38 heavy (non-hydrogen) atoms. The molecule has 3 fully saturated rings. The number of carbonyl (C=O) groups excluding carboxylic acids is 1. The Labute approximate surface area is 225 Å². The molecular weight excluding hydrogens is 474 g/mol. The summed E-state index contributed by atoms with van der Waals surface area (Å²) in [5, 5.41) is 0.